The summed E-state index contributed by atoms with van der Waals surface area (Å²) in [5.74, 6) is 0.877. The number of fused-ring (bicyclic) bond motifs is 1. The molecule has 1 heterocycles. The number of nitrogens with one attached hydrogen (secondary N) is 1. The lowest BCUT2D eigenvalue weighted by atomic mass is 10.2. The topological polar surface area (TPSA) is 73.3 Å². The molecule has 3 aromatic rings. The van der Waals surface area contributed by atoms with E-state index in [0.29, 0.717) is 22.9 Å². The lowest BCUT2D eigenvalue weighted by Gasteiger charge is -2.10. The quantitative estimate of drug-likeness (QED) is 0.724. The largest absolute Gasteiger partial charge is 0.497 e. The van der Waals surface area contributed by atoms with E-state index in [-0.39, 0.29) is 5.91 Å². The van der Waals surface area contributed by atoms with Gasteiger partial charge >= 0.3 is 0 Å². The van der Waals surface area contributed by atoms with Gasteiger partial charge in [0, 0.05) is 12.1 Å². The molecule has 1 amide bonds. The number of nitrogens with zero attached hydrogens (tertiary/aromatic N) is 2. The highest BCUT2D eigenvalue weighted by Gasteiger charge is 2.07. The molecule has 0 unspecified atom stereocenters. The maximum absolute atomic E-state index is 12.1. The first-order chi connectivity index (χ1) is 12.2. The van der Waals surface area contributed by atoms with Gasteiger partial charge < -0.3 is 14.8 Å². The normalized spacial score (nSPS) is 10.8. The second-order valence-electron chi connectivity index (χ2n) is 5.17. The van der Waals surface area contributed by atoms with E-state index in [1.165, 1.54) is 13.2 Å². The zero-order valence-electron chi connectivity index (χ0n) is 13.9. The molecule has 6 nitrogen and oxygen atoms in total. The Labute approximate surface area is 145 Å². The monoisotopic (exact) mass is 335 g/mol. The number of carbonyl (C=O) groups excluding carboxylic acids is 1. The van der Waals surface area contributed by atoms with E-state index in [4.69, 9.17) is 9.47 Å². The summed E-state index contributed by atoms with van der Waals surface area (Å²) >= 11 is 0. The predicted molar refractivity (Wildman–Crippen MR) is 96.7 cm³/mol. The molecule has 0 radical (unpaired) electrons. The van der Waals surface area contributed by atoms with Crippen molar-refractivity contribution in [3.05, 3.63) is 60.4 Å². The fourth-order valence-corrected chi connectivity index (χ4v) is 2.29. The minimum Gasteiger partial charge on any atom is -0.497 e. The van der Waals surface area contributed by atoms with Gasteiger partial charge in [-0.3, -0.25) is 9.78 Å². The highest BCUT2D eigenvalue weighted by molar-refractivity contribution is 6.02. The SMILES string of the molecule is COc1ccc(NC(=O)/C=C/c2cnc3ccccc3n2)c(OC)c1. The van der Waals surface area contributed by atoms with Crippen molar-refractivity contribution >= 4 is 28.7 Å². The van der Waals surface area contributed by atoms with Crippen LogP contribution in [0.25, 0.3) is 17.1 Å². The fraction of sp³-hybridized carbons (Fsp3) is 0.105. The van der Waals surface area contributed by atoms with Crippen LogP contribution in [0.4, 0.5) is 5.69 Å². The third-order valence-electron chi connectivity index (χ3n) is 3.54. The van der Waals surface area contributed by atoms with Gasteiger partial charge in [-0.05, 0) is 30.3 Å². The number of amides is 1. The molecule has 0 aliphatic rings. The molecule has 3 rings (SSSR count). The third-order valence-corrected chi connectivity index (χ3v) is 3.54. The summed E-state index contributed by atoms with van der Waals surface area (Å²) in [5, 5.41) is 2.77. The number of para-hydroxylation sites is 2. The molecule has 0 fully saturated rings. The van der Waals surface area contributed by atoms with Crippen molar-refractivity contribution in [2.24, 2.45) is 0 Å². The van der Waals surface area contributed by atoms with Gasteiger partial charge in [-0.1, -0.05) is 12.1 Å². The fourth-order valence-electron chi connectivity index (χ4n) is 2.29. The maximum Gasteiger partial charge on any atom is 0.248 e. The summed E-state index contributed by atoms with van der Waals surface area (Å²) < 4.78 is 10.4. The van der Waals surface area contributed by atoms with Crippen molar-refractivity contribution in [1.29, 1.82) is 0 Å². The van der Waals surface area contributed by atoms with Crippen LogP contribution in [0.2, 0.25) is 0 Å². The van der Waals surface area contributed by atoms with Crippen LogP contribution in [0.1, 0.15) is 5.69 Å². The van der Waals surface area contributed by atoms with E-state index < -0.39 is 0 Å². The summed E-state index contributed by atoms with van der Waals surface area (Å²) in [6.07, 6.45) is 4.65. The lowest BCUT2D eigenvalue weighted by molar-refractivity contribution is -0.111. The summed E-state index contributed by atoms with van der Waals surface area (Å²) in [7, 11) is 3.10. The third kappa shape index (κ3) is 3.92. The minimum atomic E-state index is -0.293. The van der Waals surface area contributed by atoms with Crippen LogP contribution in [-0.2, 0) is 4.79 Å². The first-order valence-electron chi connectivity index (χ1n) is 7.62. The van der Waals surface area contributed by atoms with Crippen molar-refractivity contribution in [2.75, 3.05) is 19.5 Å². The van der Waals surface area contributed by atoms with Crippen molar-refractivity contribution in [3.8, 4) is 11.5 Å². The van der Waals surface area contributed by atoms with Crippen molar-refractivity contribution in [1.82, 2.24) is 9.97 Å². The molecule has 1 aromatic heterocycles. The Morgan fingerprint density at radius 2 is 1.88 bits per heavy atom. The van der Waals surface area contributed by atoms with E-state index in [0.717, 1.165) is 11.0 Å². The van der Waals surface area contributed by atoms with Gasteiger partial charge in [-0.25, -0.2) is 4.98 Å². The number of methoxy groups -OCH3 is 2. The summed E-state index contributed by atoms with van der Waals surface area (Å²) in [6.45, 7) is 0. The van der Waals surface area contributed by atoms with Gasteiger partial charge in [0.05, 0.1) is 42.8 Å². The van der Waals surface area contributed by atoms with Crippen LogP contribution in [0.5, 0.6) is 11.5 Å². The summed E-state index contributed by atoms with van der Waals surface area (Å²) in [6, 6.07) is 12.7. The van der Waals surface area contributed by atoms with Gasteiger partial charge in [-0.2, -0.15) is 0 Å². The number of ether oxygens (including phenoxy) is 2. The van der Waals surface area contributed by atoms with Gasteiger partial charge in [0.25, 0.3) is 0 Å². The van der Waals surface area contributed by atoms with Crippen molar-refractivity contribution < 1.29 is 14.3 Å². The van der Waals surface area contributed by atoms with Gasteiger partial charge in [0.15, 0.2) is 0 Å². The highest BCUT2D eigenvalue weighted by Crippen LogP contribution is 2.28. The number of rotatable bonds is 5. The number of aromatic nitrogens is 2. The Bertz CT molecular complexity index is 938. The van der Waals surface area contributed by atoms with E-state index in [9.17, 15) is 4.79 Å². The number of benzene rings is 2. The number of anilines is 1. The lowest BCUT2D eigenvalue weighted by Crippen LogP contribution is -2.09. The zero-order valence-corrected chi connectivity index (χ0v) is 13.9. The average Bonchev–Trinajstić information content (AvgIpc) is 2.66. The van der Waals surface area contributed by atoms with Crippen LogP contribution < -0.4 is 14.8 Å². The first-order valence-corrected chi connectivity index (χ1v) is 7.62. The van der Waals surface area contributed by atoms with E-state index in [1.54, 1.807) is 37.6 Å². The predicted octanol–water partition coefficient (Wildman–Crippen LogP) is 3.30. The van der Waals surface area contributed by atoms with E-state index in [1.807, 2.05) is 24.3 Å². The van der Waals surface area contributed by atoms with E-state index >= 15 is 0 Å². The molecule has 0 spiro atoms. The molecule has 0 saturated heterocycles. The second kappa shape index (κ2) is 7.44. The number of hydrogen-bond acceptors (Lipinski definition) is 5. The molecule has 25 heavy (non-hydrogen) atoms. The van der Waals surface area contributed by atoms with Crippen LogP contribution in [0.3, 0.4) is 0 Å². The van der Waals surface area contributed by atoms with Crippen molar-refractivity contribution in [2.45, 2.75) is 0 Å². The number of hydrogen-bond donors (Lipinski definition) is 1. The Kier molecular flexibility index (Phi) is 4.89. The summed E-state index contributed by atoms with van der Waals surface area (Å²) in [4.78, 5) is 20.9. The molecule has 0 atom stereocenters. The minimum absolute atomic E-state index is 0.293. The summed E-state index contributed by atoms with van der Waals surface area (Å²) in [5.41, 5.74) is 2.76. The van der Waals surface area contributed by atoms with Crippen LogP contribution >= 0.6 is 0 Å². The average molecular weight is 335 g/mol. The van der Waals surface area contributed by atoms with Gasteiger partial charge in [0.1, 0.15) is 11.5 Å². The molecule has 1 N–H and O–H groups in total. The standard InChI is InChI=1S/C19H17N3O3/c1-24-14-8-9-17(18(11-14)25-2)22-19(23)10-7-13-12-20-15-5-3-4-6-16(15)21-13/h3-12H,1-2H3,(H,22,23)/b10-7+. The molecular weight excluding hydrogens is 318 g/mol. The van der Waals surface area contributed by atoms with Crippen LogP contribution in [0, 0.1) is 0 Å². The first kappa shape index (κ1) is 16.4. The van der Waals surface area contributed by atoms with Gasteiger partial charge in [-0.15, -0.1) is 0 Å². The van der Waals surface area contributed by atoms with E-state index in [2.05, 4.69) is 15.3 Å². The molecule has 6 heteroatoms. The second-order valence-corrected chi connectivity index (χ2v) is 5.17. The Hall–Kier alpha value is -3.41. The smallest absolute Gasteiger partial charge is 0.248 e. The Morgan fingerprint density at radius 3 is 2.64 bits per heavy atom. The molecule has 0 saturated carbocycles. The zero-order chi connectivity index (χ0) is 17.6. The van der Waals surface area contributed by atoms with Crippen LogP contribution in [-0.4, -0.2) is 30.1 Å². The Balaban J connectivity index is 1.74. The molecule has 0 aliphatic heterocycles. The van der Waals surface area contributed by atoms with Crippen LogP contribution in [0.15, 0.2) is 54.7 Å². The van der Waals surface area contributed by atoms with Crippen molar-refractivity contribution in [3.63, 3.8) is 0 Å². The molecule has 0 aliphatic carbocycles. The maximum atomic E-state index is 12.1. The molecule has 126 valence electrons. The van der Waals surface area contributed by atoms with Gasteiger partial charge in [0.2, 0.25) is 5.91 Å². The highest BCUT2D eigenvalue weighted by atomic mass is 16.5. The number of carbonyl (C=O) groups is 1. The Morgan fingerprint density at radius 1 is 1.08 bits per heavy atom. The molecule has 0 bridgehead atoms. The molecule has 2 aromatic carbocycles. The molecular formula is C19H17N3O3.